The molecule has 3 heterocycles. The molecule has 7 nitrogen and oxygen atoms in total. The van der Waals surface area contributed by atoms with Crippen LogP contribution in [0.4, 0.5) is 0 Å². The molecule has 0 radical (unpaired) electrons. The number of H-pyrrole nitrogens is 1. The molecule has 2 aromatic heterocycles. The molecule has 0 aliphatic carbocycles. The van der Waals surface area contributed by atoms with Crippen LogP contribution in [0, 0.1) is 12.8 Å². The average molecular weight is 345 g/mol. The lowest BCUT2D eigenvalue weighted by molar-refractivity contribution is 0.0727. The van der Waals surface area contributed by atoms with Crippen LogP contribution in [-0.4, -0.2) is 44.4 Å². The predicted molar refractivity (Wildman–Crippen MR) is 94.6 cm³/mol. The van der Waals surface area contributed by atoms with E-state index in [1.165, 1.54) is 0 Å². The van der Waals surface area contributed by atoms with Gasteiger partial charge in [0.05, 0.1) is 24.4 Å². The number of hydrogen-bond acceptors (Lipinski definition) is 4. The Morgan fingerprint density at radius 1 is 1.48 bits per heavy atom. The Kier molecular flexibility index (Phi) is 4.83. The number of amides is 1. The van der Waals surface area contributed by atoms with E-state index < -0.39 is 0 Å². The van der Waals surface area contributed by atoms with E-state index in [0.717, 1.165) is 48.6 Å². The molecular weight excluding hydrogens is 318 g/mol. The Hall–Kier alpha value is -2.31. The molecule has 1 N–H and O–H groups in total. The van der Waals surface area contributed by atoms with Gasteiger partial charge in [-0.1, -0.05) is 13.8 Å². The summed E-state index contributed by atoms with van der Waals surface area (Å²) in [6.45, 7) is 6.99. The molecule has 136 valence electrons. The molecule has 1 aliphatic heterocycles. The number of hydrogen-bond donors (Lipinski definition) is 1. The first-order chi connectivity index (χ1) is 11.9. The van der Waals surface area contributed by atoms with Gasteiger partial charge >= 0.3 is 0 Å². The number of rotatable bonds is 5. The van der Waals surface area contributed by atoms with Crippen LogP contribution in [0.25, 0.3) is 0 Å². The molecule has 1 amide bonds. The SMILES string of the molecule is COc1c(C2CCCN2C(=O)c2cc(CC(C)C)[nH]n2)c(C)nn1C. The number of carbonyl (C=O) groups excluding carboxylic acids is 1. The lowest BCUT2D eigenvalue weighted by atomic mass is 10.0. The molecule has 1 unspecified atom stereocenters. The highest BCUT2D eigenvalue weighted by molar-refractivity contribution is 5.93. The lowest BCUT2D eigenvalue weighted by Gasteiger charge is -2.24. The van der Waals surface area contributed by atoms with Crippen LogP contribution in [0.2, 0.25) is 0 Å². The summed E-state index contributed by atoms with van der Waals surface area (Å²) in [7, 11) is 3.51. The first kappa shape index (κ1) is 17.5. The minimum absolute atomic E-state index is 0.0126. The monoisotopic (exact) mass is 345 g/mol. The summed E-state index contributed by atoms with van der Waals surface area (Å²) in [5.41, 5.74) is 3.41. The van der Waals surface area contributed by atoms with Gasteiger partial charge < -0.3 is 9.64 Å². The molecule has 0 bridgehead atoms. The second-order valence-electron chi connectivity index (χ2n) is 7.16. The summed E-state index contributed by atoms with van der Waals surface area (Å²) in [6.07, 6.45) is 2.77. The van der Waals surface area contributed by atoms with Gasteiger partial charge in [0.1, 0.15) is 5.69 Å². The molecule has 0 aromatic carbocycles. The summed E-state index contributed by atoms with van der Waals surface area (Å²) in [5, 5.41) is 11.7. The highest BCUT2D eigenvalue weighted by Crippen LogP contribution is 2.39. The smallest absolute Gasteiger partial charge is 0.274 e. The summed E-state index contributed by atoms with van der Waals surface area (Å²) in [6, 6.07) is 1.87. The molecule has 0 spiro atoms. The first-order valence-electron chi connectivity index (χ1n) is 8.85. The Morgan fingerprint density at radius 3 is 2.92 bits per heavy atom. The van der Waals surface area contributed by atoms with Crippen LogP contribution in [0.1, 0.15) is 60.2 Å². The van der Waals surface area contributed by atoms with E-state index in [0.29, 0.717) is 11.6 Å². The van der Waals surface area contributed by atoms with Gasteiger partial charge in [-0.2, -0.15) is 10.2 Å². The van der Waals surface area contributed by atoms with Crippen LogP contribution < -0.4 is 4.74 Å². The lowest BCUT2D eigenvalue weighted by Crippen LogP contribution is -2.31. The van der Waals surface area contributed by atoms with E-state index in [1.54, 1.807) is 11.8 Å². The third-order valence-electron chi connectivity index (χ3n) is 4.73. The topological polar surface area (TPSA) is 76.0 Å². The number of likely N-dealkylation sites (tertiary alicyclic amines) is 1. The van der Waals surface area contributed by atoms with Crippen molar-refractivity contribution in [2.75, 3.05) is 13.7 Å². The molecule has 25 heavy (non-hydrogen) atoms. The normalized spacial score (nSPS) is 17.5. The van der Waals surface area contributed by atoms with Gasteiger partial charge in [-0.05, 0) is 38.2 Å². The molecule has 1 atom stereocenters. The largest absolute Gasteiger partial charge is 0.481 e. The van der Waals surface area contributed by atoms with Crippen molar-refractivity contribution in [2.24, 2.45) is 13.0 Å². The second-order valence-corrected chi connectivity index (χ2v) is 7.16. The van der Waals surface area contributed by atoms with Crippen molar-refractivity contribution in [1.29, 1.82) is 0 Å². The second kappa shape index (κ2) is 6.90. The van der Waals surface area contributed by atoms with Gasteiger partial charge in [-0.15, -0.1) is 0 Å². The van der Waals surface area contributed by atoms with Gasteiger partial charge in [-0.3, -0.25) is 9.89 Å². The summed E-state index contributed by atoms with van der Waals surface area (Å²) < 4.78 is 7.27. The van der Waals surface area contributed by atoms with Crippen LogP contribution in [0.3, 0.4) is 0 Å². The quantitative estimate of drug-likeness (QED) is 0.904. The third kappa shape index (κ3) is 3.27. The molecule has 0 saturated carbocycles. The minimum Gasteiger partial charge on any atom is -0.481 e. The fourth-order valence-corrected chi connectivity index (χ4v) is 3.75. The van der Waals surface area contributed by atoms with Crippen LogP contribution >= 0.6 is 0 Å². The Labute approximate surface area is 148 Å². The van der Waals surface area contributed by atoms with E-state index in [-0.39, 0.29) is 11.9 Å². The van der Waals surface area contributed by atoms with Crippen LogP contribution in [-0.2, 0) is 13.5 Å². The van der Waals surface area contributed by atoms with Crippen LogP contribution in [0.15, 0.2) is 6.07 Å². The van der Waals surface area contributed by atoms with Crippen molar-refractivity contribution in [3.8, 4) is 5.88 Å². The minimum atomic E-state index is -0.0286. The van der Waals surface area contributed by atoms with E-state index in [2.05, 4.69) is 29.1 Å². The van der Waals surface area contributed by atoms with Crippen molar-refractivity contribution in [3.05, 3.63) is 28.7 Å². The van der Waals surface area contributed by atoms with Gasteiger partial charge in [0.2, 0.25) is 5.88 Å². The van der Waals surface area contributed by atoms with Crippen molar-refractivity contribution in [3.63, 3.8) is 0 Å². The number of nitrogens with one attached hydrogen (secondary N) is 1. The zero-order chi connectivity index (χ0) is 18.1. The van der Waals surface area contributed by atoms with Crippen molar-refractivity contribution < 1.29 is 9.53 Å². The van der Waals surface area contributed by atoms with Gasteiger partial charge in [0, 0.05) is 19.3 Å². The van der Waals surface area contributed by atoms with E-state index in [9.17, 15) is 4.79 Å². The third-order valence-corrected chi connectivity index (χ3v) is 4.73. The van der Waals surface area contributed by atoms with Gasteiger partial charge in [0.15, 0.2) is 0 Å². The molecule has 3 rings (SSSR count). The fraction of sp³-hybridized carbons (Fsp3) is 0.611. The summed E-state index contributed by atoms with van der Waals surface area (Å²) in [4.78, 5) is 14.9. The standard InChI is InChI=1S/C18H27N5O2/c1-11(2)9-13-10-14(20-19-13)17(24)23-8-6-7-15(23)16-12(3)21-22(4)18(16)25-5/h10-11,15H,6-9H2,1-5H3,(H,19,20). The van der Waals surface area contributed by atoms with E-state index in [1.807, 2.05) is 24.9 Å². The maximum Gasteiger partial charge on any atom is 0.274 e. The Bertz CT molecular complexity index is 762. The number of nitrogens with zero attached hydrogens (tertiary/aromatic N) is 4. The number of carbonyl (C=O) groups is 1. The highest BCUT2D eigenvalue weighted by atomic mass is 16.5. The molecule has 7 heteroatoms. The number of aryl methyl sites for hydroxylation is 2. The number of ether oxygens (including phenoxy) is 1. The zero-order valence-corrected chi connectivity index (χ0v) is 15.7. The van der Waals surface area contributed by atoms with Crippen molar-refractivity contribution in [1.82, 2.24) is 24.9 Å². The van der Waals surface area contributed by atoms with Gasteiger partial charge in [0.25, 0.3) is 5.91 Å². The summed E-state index contributed by atoms with van der Waals surface area (Å²) in [5.74, 6) is 1.22. The highest BCUT2D eigenvalue weighted by Gasteiger charge is 2.36. The zero-order valence-electron chi connectivity index (χ0n) is 15.7. The van der Waals surface area contributed by atoms with Crippen molar-refractivity contribution >= 4 is 5.91 Å². The molecule has 1 fully saturated rings. The molecule has 1 saturated heterocycles. The summed E-state index contributed by atoms with van der Waals surface area (Å²) >= 11 is 0. The first-order valence-corrected chi connectivity index (χ1v) is 8.85. The number of methoxy groups -OCH3 is 1. The Balaban J connectivity index is 1.87. The van der Waals surface area contributed by atoms with Crippen LogP contribution in [0.5, 0.6) is 5.88 Å². The molecule has 1 aliphatic rings. The fourth-order valence-electron chi connectivity index (χ4n) is 3.75. The van der Waals surface area contributed by atoms with Crippen molar-refractivity contribution in [2.45, 2.75) is 46.1 Å². The number of aromatic nitrogens is 4. The number of aromatic amines is 1. The van der Waals surface area contributed by atoms with E-state index in [4.69, 9.17) is 4.74 Å². The molecule has 2 aromatic rings. The Morgan fingerprint density at radius 2 is 2.24 bits per heavy atom. The predicted octanol–water partition coefficient (Wildman–Crippen LogP) is 2.64. The van der Waals surface area contributed by atoms with Gasteiger partial charge in [-0.25, -0.2) is 4.68 Å². The average Bonchev–Trinajstić information content (AvgIpc) is 3.24. The van der Waals surface area contributed by atoms with E-state index >= 15 is 0 Å². The maximum absolute atomic E-state index is 13.0. The maximum atomic E-state index is 13.0. The molecular formula is C18H27N5O2.